The van der Waals surface area contributed by atoms with Gasteiger partial charge in [-0.05, 0) is 88.3 Å². The van der Waals surface area contributed by atoms with Crippen molar-refractivity contribution >= 4 is 11.6 Å². The number of nitrogens with one attached hydrogen (secondary N) is 1. The van der Waals surface area contributed by atoms with Crippen molar-refractivity contribution in [1.82, 2.24) is 4.90 Å². The fourth-order valence-corrected chi connectivity index (χ4v) is 3.20. The summed E-state index contributed by atoms with van der Waals surface area (Å²) in [5, 5.41) is 2.90. The molecular formula is C23H30N2O4. The minimum Gasteiger partial charge on any atom is -0.497 e. The van der Waals surface area contributed by atoms with Gasteiger partial charge < -0.3 is 19.5 Å². The smallest absolute Gasteiger partial charge is 0.267 e. The molecule has 0 atom stereocenters. The summed E-state index contributed by atoms with van der Waals surface area (Å²) >= 11 is 0. The normalized spacial score (nSPS) is 14.4. The van der Waals surface area contributed by atoms with Crippen LogP contribution in [0.2, 0.25) is 0 Å². The summed E-state index contributed by atoms with van der Waals surface area (Å²) in [7, 11) is 1.61. The van der Waals surface area contributed by atoms with Gasteiger partial charge in [0.05, 0.1) is 7.11 Å². The maximum absolute atomic E-state index is 12.7. The summed E-state index contributed by atoms with van der Waals surface area (Å²) in [6, 6.07) is 14.6. The van der Waals surface area contributed by atoms with E-state index in [1.165, 1.54) is 25.9 Å². The van der Waals surface area contributed by atoms with Crippen LogP contribution in [0.5, 0.6) is 17.2 Å². The lowest BCUT2D eigenvalue weighted by Crippen LogP contribution is -2.42. The van der Waals surface area contributed by atoms with E-state index in [1.54, 1.807) is 45.2 Å². The third-order valence-electron chi connectivity index (χ3n) is 4.97. The highest BCUT2D eigenvalue weighted by atomic mass is 16.5. The van der Waals surface area contributed by atoms with Crippen LogP contribution < -0.4 is 19.5 Å². The Balaban J connectivity index is 1.49. The highest BCUT2D eigenvalue weighted by molar-refractivity contribution is 5.97. The zero-order chi connectivity index (χ0) is 20.7. The van der Waals surface area contributed by atoms with Gasteiger partial charge in [-0.1, -0.05) is 0 Å². The van der Waals surface area contributed by atoms with Crippen molar-refractivity contribution in [2.45, 2.75) is 32.3 Å². The lowest BCUT2D eigenvalue weighted by molar-refractivity contribution is -0.128. The van der Waals surface area contributed by atoms with Crippen LogP contribution in [0.1, 0.15) is 26.7 Å². The first-order valence-corrected chi connectivity index (χ1v) is 10.1. The molecule has 3 rings (SSSR count). The summed E-state index contributed by atoms with van der Waals surface area (Å²) in [6.45, 7) is 7.44. The van der Waals surface area contributed by atoms with E-state index in [-0.39, 0.29) is 5.91 Å². The second kappa shape index (κ2) is 9.65. The largest absolute Gasteiger partial charge is 0.497 e. The number of hydrogen-bond donors (Lipinski definition) is 1. The first-order valence-electron chi connectivity index (χ1n) is 10.1. The summed E-state index contributed by atoms with van der Waals surface area (Å²) in [5.74, 6) is 1.92. The van der Waals surface area contributed by atoms with E-state index in [1.807, 2.05) is 24.3 Å². The van der Waals surface area contributed by atoms with E-state index in [2.05, 4.69) is 10.2 Å². The first kappa shape index (κ1) is 21.0. The van der Waals surface area contributed by atoms with Gasteiger partial charge in [0.15, 0.2) is 5.60 Å². The van der Waals surface area contributed by atoms with Gasteiger partial charge in [-0.15, -0.1) is 0 Å². The van der Waals surface area contributed by atoms with E-state index in [9.17, 15) is 4.79 Å². The van der Waals surface area contributed by atoms with E-state index in [0.717, 1.165) is 18.0 Å². The maximum Gasteiger partial charge on any atom is 0.267 e. The van der Waals surface area contributed by atoms with Gasteiger partial charge in [0.1, 0.15) is 23.9 Å². The van der Waals surface area contributed by atoms with Gasteiger partial charge in [-0.25, -0.2) is 0 Å². The zero-order valence-electron chi connectivity index (χ0n) is 17.4. The number of likely N-dealkylation sites (tertiary alicyclic amines) is 1. The number of methoxy groups -OCH3 is 1. The molecule has 1 amide bonds. The Morgan fingerprint density at radius 3 is 2.17 bits per heavy atom. The van der Waals surface area contributed by atoms with Crippen LogP contribution in [0.3, 0.4) is 0 Å². The fourth-order valence-electron chi connectivity index (χ4n) is 3.20. The second-order valence-corrected chi connectivity index (χ2v) is 7.66. The van der Waals surface area contributed by atoms with Crippen LogP contribution >= 0.6 is 0 Å². The Morgan fingerprint density at radius 2 is 1.55 bits per heavy atom. The fraction of sp³-hybridized carbons (Fsp3) is 0.435. The predicted octanol–water partition coefficient (Wildman–Crippen LogP) is 3.97. The van der Waals surface area contributed by atoms with E-state index >= 15 is 0 Å². The minimum absolute atomic E-state index is 0.226. The predicted molar refractivity (Wildman–Crippen MR) is 114 cm³/mol. The molecule has 0 saturated carbocycles. The Kier molecular flexibility index (Phi) is 6.99. The Labute approximate surface area is 172 Å². The molecule has 6 nitrogen and oxygen atoms in total. The molecular weight excluding hydrogens is 368 g/mol. The van der Waals surface area contributed by atoms with Crippen molar-refractivity contribution in [3.05, 3.63) is 48.5 Å². The Hall–Kier alpha value is -2.73. The van der Waals surface area contributed by atoms with E-state index in [4.69, 9.17) is 14.2 Å². The van der Waals surface area contributed by atoms with Crippen LogP contribution in [0, 0.1) is 0 Å². The molecule has 1 heterocycles. The number of carbonyl (C=O) groups is 1. The monoisotopic (exact) mass is 398 g/mol. The highest BCUT2D eigenvalue weighted by Gasteiger charge is 2.30. The lowest BCUT2D eigenvalue weighted by atomic mass is 10.1. The van der Waals surface area contributed by atoms with Gasteiger partial charge in [-0.2, -0.15) is 0 Å². The number of anilines is 1. The molecule has 0 radical (unpaired) electrons. The topological polar surface area (TPSA) is 60.0 Å². The molecule has 0 bridgehead atoms. The number of carbonyl (C=O) groups excluding carboxylic acids is 1. The van der Waals surface area contributed by atoms with Crippen molar-refractivity contribution in [2.24, 2.45) is 0 Å². The number of rotatable bonds is 9. The summed E-state index contributed by atoms with van der Waals surface area (Å²) in [6.07, 6.45) is 2.57. The molecule has 6 heteroatoms. The first-order chi connectivity index (χ1) is 14.0. The molecule has 0 spiro atoms. The number of amides is 1. The number of hydrogen-bond acceptors (Lipinski definition) is 5. The molecule has 0 aromatic heterocycles. The molecule has 0 aliphatic carbocycles. The van der Waals surface area contributed by atoms with E-state index in [0.29, 0.717) is 18.0 Å². The Bertz CT molecular complexity index is 782. The molecule has 1 fully saturated rings. The third-order valence-corrected chi connectivity index (χ3v) is 4.97. The van der Waals surface area contributed by atoms with Gasteiger partial charge in [-0.3, -0.25) is 9.69 Å². The van der Waals surface area contributed by atoms with Crippen molar-refractivity contribution in [3.63, 3.8) is 0 Å². The van der Waals surface area contributed by atoms with Crippen LogP contribution in [0.15, 0.2) is 48.5 Å². The minimum atomic E-state index is -1.03. The zero-order valence-corrected chi connectivity index (χ0v) is 17.4. The number of benzene rings is 2. The molecule has 1 aliphatic heterocycles. The second-order valence-electron chi connectivity index (χ2n) is 7.66. The van der Waals surface area contributed by atoms with Crippen molar-refractivity contribution in [1.29, 1.82) is 0 Å². The quantitative estimate of drug-likeness (QED) is 0.693. The van der Waals surface area contributed by atoms with Crippen molar-refractivity contribution < 1.29 is 19.0 Å². The molecule has 156 valence electrons. The Morgan fingerprint density at radius 1 is 0.966 bits per heavy atom. The van der Waals surface area contributed by atoms with Crippen molar-refractivity contribution in [3.8, 4) is 17.2 Å². The van der Waals surface area contributed by atoms with Crippen molar-refractivity contribution in [2.75, 3.05) is 38.7 Å². The molecule has 1 aliphatic rings. The SMILES string of the molecule is COc1ccc(OC(C)(C)C(=O)Nc2ccc(OCCN3CCCC3)cc2)cc1. The third kappa shape index (κ3) is 6.12. The van der Waals surface area contributed by atoms with Gasteiger partial charge in [0, 0.05) is 12.2 Å². The average molecular weight is 399 g/mol. The number of ether oxygens (including phenoxy) is 3. The summed E-state index contributed by atoms with van der Waals surface area (Å²) in [4.78, 5) is 15.1. The van der Waals surface area contributed by atoms with Gasteiger partial charge in [0.2, 0.25) is 0 Å². The maximum atomic E-state index is 12.7. The molecule has 1 N–H and O–H groups in total. The van der Waals surface area contributed by atoms with Gasteiger partial charge in [0.25, 0.3) is 5.91 Å². The molecule has 1 saturated heterocycles. The summed E-state index contributed by atoms with van der Waals surface area (Å²) in [5.41, 5.74) is -0.326. The average Bonchev–Trinajstić information content (AvgIpc) is 3.23. The molecule has 2 aromatic rings. The van der Waals surface area contributed by atoms with Crippen LogP contribution in [-0.2, 0) is 4.79 Å². The standard InChI is InChI=1S/C23H30N2O4/c1-23(2,29-21-12-10-19(27-3)11-13-21)22(26)24-18-6-8-20(9-7-18)28-17-16-25-14-4-5-15-25/h6-13H,4-5,14-17H2,1-3H3,(H,24,26). The van der Waals surface area contributed by atoms with E-state index < -0.39 is 5.60 Å². The van der Waals surface area contributed by atoms with Gasteiger partial charge >= 0.3 is 0 Å². The lowest BCUT2D eigenvalue weighted by Gasteiger charge is -2.25. The van der Waals surface area contributed by atoms with Crippen LogP contribution in [-0.4, -0.2) is 49.8 Å². The molecule has 0 unspecified atom stereocenters. The molecule has 2 aromatic carbocycles. The van der Waals surface area contributed by atoms with Crippen LogP contribution in [0.25, 0.3) is 0 Å². The summed E-state index contributed by atoms with van der Waals surface area (Å²) < 4.78 is 16.8. The number of nitrogens with zero attached hydrogens (tertiary/aromatic N) is 1. The molecule has 29 heavy (non-hydrogen) atoms. The van der Waals surface area contributed by atoms with Crippen LogP contribution in [0.4, 0.5) is 5.69 Å². The highest BCUT2D eigenvalue weighted by Crippen LogP contribution is 2.23.